The highest BCUT2D eigenvalue weighted by Crippen LogP contribution is 2.15. The molecule has 0 aliphatic rings. The van der Waals surface area contributed by atoms with E-state index in [9.17, 15) is 4.79 Å². The van der Waals surface area contributed by atoms with Crippen molar-refractivity contribution in [3.63, 3.8) is 0 Å². The Balaban J connectivity index is 1.54. The number of amides is 1. The third kappa shape index (κ3) is 4.76. The van der Waals surface area contributed by atoms with Gasteiger partial charge in [0, 0.05) is 11.1 Å². The third-order valence-corrected chi connectivity index (χ3v) is 3.43. The van der Waals surface area contributed by atoms with Crippen LogP contribution in [0.15, 0.2) is 77.4 Å². The molecule has 1 aromatic heterocycles. The summed E-state index contributed by atoms with van der Waals surface area (Å²) in [6.45, 7) is 0.506. The second-order valence-corrected chi connectivity index (χ2v) is 5.23. The van der Waals surface area contributed by atoms with Gasteiger partial charge in [-0.25, -0.2) is 0 Å². The molecule has 0 spiro atoms. The molecule has 0 aliphatic heterocycles. The van der Waals surface area contributed by atoms with Crippen molar-refractivity contribution in [2.45, 2.75) is 6.61 Å². The molecule has 0 fully saturated rings. The van der Waals surface area contributed by atoms with Crippen LogP contribution in [-0.4, -0.2) is 12.5 Å². The molecule has 1 heterocycles. The normalized spacial score (nSPS) is 9.76. The van der Waals surface area contributed by atoms with Gasteiger partial charge in [-0.3, -0.25) is 4.79 Å². The monoisotopic (exact) mass is 331 g/mol. The molecule has 0 atom stereocenters. The highest BCUT2D eigenvalue weighted by atomic mass is 16.5. The van der Waals surface area contributed by atoms with Gasteiger partial charge in [0.2, 0.25) is 0 Å². The first kappa shape index (κ1) is 16.4. The number of hydrogen-bond acceptors (Lipinski definition) is 3. The minimum absolute atomic E-state index is 0.243. The summed E-state index contributed by atoms with van der Waals surface area (Å²) < 4.78 is 10.9. The van der Waals surface area contributed by atoms with Crippen molar-refractivity contribution in [2.24, 2.45) is 0 Å². The summed E-state index contributed by atoms with van der Waals surface area (Å²) in [4.78, 5) is 12.2. The molecule has 0 saturated carbocycles. The number of rotatable bonds is 5. The quantitative estimate of drug-likeness (QED) is 0.726. The van der Waals surface area contributed by atoms with Gasteiger partial charge >= 0.3 is 0 Å². The van der Waals surface area contributed by atoms with Gasteiger partial charge in [-0.15, -0.1) is 0 Å². The fourth-order valence-electron chi connectivity index (χ4n) is 2.20. The molecule has 1 amide bonds. The van der Waals surface area contributed by atoms with Crippen molar-refractivity contribution >= 4 is 5.91 Å². The first-order valence-corrected chi connectivity index (χ1v) is 7.89. The number of nitrogens with one attached hydrogen (secondary N) is 1. The number of carbonyl (C=O) groups excluding carboxylic acids is 1. The number of carbonyl (C=O) groups is 1. The minimum Gasteiger partial charge on any atom is -0.489 e. The van der Waals surface area contributed by atoms with Gasteiger partial charge < -0.3 is 14.5 Å². The summed E-state index contributed by atoms with van der Waals surface area (Å²) >= 11 is 0. The van der Waals surface area contributed by atoms with Crippen LogP contribution in [-0.2, 0) is 6.61 Å². The van der Waals surface area contributed by atoms with Crippen molar-refractivity contribution in [3.05, 3.63) is 89.9 Å². The summed E-state index contributed by atoms with van der Waals surface area (Å²) in [5, 5.41) is 2.73. The summed E-state index contributed by atoms with van der Waals surface area (Å²) in [5.41, 5.74) is 1.60. The molecule has 1 N–H and O–H groups in total. The van der Waals surface area contributed by atoms with E-state index in [1.807, 2.05) is 60.7 Å². The summed E-state index contributed by atoms with van der Waals surface area (Å²) in [6.07, 6.45) is 1.48. The summed E-state index contributed by atoms with van der Waals surface area (Å²) in [6, 6.07) is 20.8. The standard InChI is InChI=1S/C21H17NO3/c23-21(22-14-7-10-17-8-3-1-4-9-17)20-18(13-15-24-20)16-25-19-11-5-2-6-12-19/h1-6,8-9,11-13,15H,14,16H2,(H,22,23). The first-order valence-electron chi connectivity index (χ1n) is 7.89. The van der Waals surface area contributed by atoms with Crippen LogP contribution in [0.5, 0.6) is 5.75 Å². The number of benzene rings is 2. The maximum Gasteiger partial charge on any atom is 0.288 e. The van der Waals surface area contributed by atoms with Crippen LogP contribution >= 0.6 is 0 Å². The third-order valence-electron chi connectivity index (χ3n) is 3.43. The maximum atomic E-state index is 12.2. The lowest BCUT2D eigenvalue weighted by Crippen LogP contribution is -2.24. The van der Waals surface area contributed by atoms with Crippen molar-refractivity contribution in [2.75, 3.05) is 6.54 Å². The van der Waals surface area contributed by atoms with Gasteiger partial charge in [0.1, 0.15) is 12.4 Å². The van der Waals surface area contributed by atoms with E-state index in [2.05, 4.69) is 17.2 Å². The summed E-state index contributed by atoms with van der Waals surface area (Å²) in [5.74, 6) is 6.58. The van der Waals surface area contributed by atoms with Crippen molar-refractivity contribution < 1.29 is 13.9 Å². The Morgan fingerprint density at radius 3 is 2.48 bits per heavy atom. The highest BCUT2D eigenvalue weighted by Gasteiger charge is 2.15. The average Bonchev–Trinajstić information content (AvgIpc) is 3.14. The fourth-order valence-corrected chi connectivity index (χ4v) is 2.20. The summed E-state index contributed by atoms with van der Waals surface area (Å²) in [7, 11) is 0. The van der Waals surface area contributed by atoms with Crippen LogP contribution in [0.1, 0.15) is 21.7 Å². The topological polar surface area (TPSA) is 51.5 Å². The van der Waals surface area contributed by atoms with E-state index in [-0.39, 0.29) is 24.8 Å². The smallest absolute Gasteiger partial charge is 0.288 e. The molecule has 124 valence electrons. The van der Waals surface area contributed by atoms with Crippen molar-refractivity contribution in [1.29, 1.82) is 0 Å². The van der Waals surface area contributed by atoms with Gasteiger partial charge in [-0.2, -0.15) is 0 Å². The maximum absolute atomic E-state index is 12.2. The Morgan fingerprint density at radius 1 is 1.00 bits per heavy atom. The van der Waals surface area contributed by atoms with E-state index < -0.39 is 0 Å². The molecule has 3 aromatic rings. The molecule has 0 aliphatic carbocycles. The Hall–Kier alpha value is -3.45. The zero-order valence-corrected chi connectivity index (χ0v) is 13.6. The zero-order valence-electron chi connectivity index (χ0n) is 13.6. The molecule has 4 heteroatoms. The molecule has 4 nitrogen and oxygen atoms in total. The second-order valence-electron chi connectivity index (χ2n) is 5.23. The predicted molar refractivity (Wildman–Crippen MR) is 95.1 cm³/mol. The van der Waals surface area contributed by atoms with Crippen LogP contribution in [0.2, 0.25) is 0 Å². The van der Waals surface area contributed by atoms with Gasteiger partial charge in [0.15, 0.2) is 5.76 Å². The Labute approximate surface area is 146 Å². The van der Waals surface area contributed by atoms with E-state index in [0.717, 1.165) is 11.3 Å². The van der Waals surface area contributed by atoms with E-state index in [1.165, 1.54) is 6.26 Å². The molecule has 2 aromatic carbocycles. The predicted octanol–water partition coefficient (Wildman–Crippen LogP) is 3.64. The number of hydrogen-bond donors (Lipinski definition) is 1. The minimum atomic E-state index is -0.306. The van der Waals surface area contributed by atoms with Crippen LogP contribution in [0, 0.1) is 11.8 Å². The fraction of sp³-hybridized carbons (Fsp3) is 0.0952. The van der Waals surface area contributed by atoms with Crippen LogP contribution in [0.25, 0.3) is 0 Å². The molecule has 0 unspecified atom stereocenters. The van der Waals surface area contributed by atoms with Gasteiger partial charge in [0.25, 0.3) is 5.91 Å². The second kappa shape index (κ2) is 8.42. The van der Waals surface area contributed by atoms with Crippen LogP contribution < -0.4 is 10.1 Å². The Kier molecular flexibility index (Phi) is 5.52. The average molecular weight is 331 g/mol. The van der Waals surface area contributed by atoms with E-state index >= 15 is 0 Å². The van der Waals surface area contributed by atoms with Crippen LogP contribution in [0.4, 0.5) is 0 Å². The number of furan rings is 1. The zero-order chi connectivity index (χ0) is 17.3. The number of ether oxygens (including phenoxy) is 1. The lowest BCUT2D eigenvalue weighted by molar-refractivity contribution is 0.0927. The van der Waals surface area contributed by atoms with Gasteiger partial charge in [0.05, 0.1) is 12.8 Å². The Morgan fingerprint density at radius 2 is 1.72 bits per heavy atom. The molecule has 0 saturated heterocycles. The first-order chi connectivity index (χ1) is 12.3. The largest absolute Gasteiger partial charge is 0.489 e. The van der Waals surface area contributed by atoms with Crippen LogP contribution in [0.3, 0.4) is 0 Å². The highest BCUT2D eigenvalue weighted by molar-refractivity contribution is 5.93. The lowest BCUT2D eigenvalue weighted by atomic mass is 10.2. The van der Waals surface area contributed by atoms with E-state index in [4.69, 9.17) is 9.15 Å². The molecular weight excluding hydrogens is 314 g/mol. The molecule has 0 radical (unpaired) electrons. The van der Waals surface area contributed by atoms with Crippen molar-refractivity contribution in [3.8, 4) is 17.6 Å². The van der Waals surface area contributed by atoms with E-state index in [1.54, 1.807) is 6.07 Å². The molecule has 3 rings (SSSR count). The molecule has 0 bridgehead atoms. The Bertz CT molecular complexity index is 874. The lowest BCUT2D eigenvalue weighted by Gasteiger charge is -2.06. The SMILES string of the molecule is O=C(NCC#Cc1ccccc1)c1occc1COc1ccccc1. The molecule has 25 heavy (non-hydrogen) atoms. The molecular formula is C21H17NO3. The van der Waals surface area contributed by atoms with E-state index in [0.29, 0.717) is 5.56 Å². The van der Waals surface area contributed by atoms with Gasteiger partial charge in [-0.1, -0.05) is 48.2 Å². The van der Waals surface area contributed by atoms with Gasteiger partial charge in [-0.05, 0) is 30.3 Å². The number of para-hydroxylation sites is 1. The van der Waals surface area contributed by atoms with Crippen molar-refractivity contribution in [1.82, 2.24) is 5.32 Å².